The third-order valence-corrected chi connectivity index (χ3v) is 8.61. The molecule has 5 nitrogen and oxygen atoms in total. The molecule has 4 aromatic heterocycles. The Morgan fingerprint density at radius 2 is 1.44 bits per heavy atom. The molecule has 194 valence electrons. The van der Waals surface area contributed by atoms with E-state index in [2.05, 4.69) is 73.4 Å². The maximum atomic E-state index is 6.80. The molecule has 0 unspecified atom stereocenters. The van der Waals surface area contributed by atoms with E-state index < -0.39 is 0 Å². The van der Waals surface area contributed by atoms with E-state index in [4.69, 9.17) is 18.8 Å². The Kier molecular flexibility index (Phi) is 4.33. The van der Waals surface area contributed by atoms with Gasteiger partial charge in [-0.25, -0.2) is 9.97 Å². The molecule has 1 aliphatic rings. The van der Waals surface area contributed by atoms with Crippen molar-refractivity contribution in [2.45, 2.75) is 19.3 Å². The highest BCUT2D eigenvalue weighted by molar-refractivity contribution is 6.14. The van der Waals surface area contributed by atoms with Crippen molar-refractivity contribution < 1.29 is 8.83 Å². The van der Waals surface area contributed by atoms with E-state index >= 15 is 0 Å². The van der Waals surface area contributed by atoms with Gasteiger partial charge in [-0.2, -0.15) is 0 Å². The van der Waals surface area contributed by atoms with Gasteiger partial charge in [-0.1, -0.05) is 86.6 Å². The summed E-state index contributed by atoms with van der Waals surface area (Å²) in [7, 11) is 0. The standard InChI is InChI=1S/C36H23N3O2/c1-36(2)26-14-7-6-11-22(26)29-27(36)16-15-23-31-34(41-33(23)29)30(20-9-4-3-5-10-20)38-35(39-31)24-13-8-12-21-25-19-37-18-17-28(25)40-32(21)24/h3-19H,1-2H3. The number of pyridine rings is 1. The zero-order chi connectivity index (χ0) is 27.3. The molecule has 9 rings (SSSR count). The topological polar surface area (TPSA) is 65.0 Å². The number of fused-ring (bicyclic) bond motifs is 10. The van der Waals surface area contributed by atoms with E-state index in [0.29, 0.717) is 11.4 Å². The fourth-order valence-electron chi connectivity index (χ4n) is 6.62. The van der Waals surface area contributed by atoms with E-state index in [1.54, 1.807) is 6.20 Å². The summed E-state index contributed by atoms with van der Waals surface area (Å²) in [6.07, 6.45) is 3.59. The summed E-state index contributed by atoms with van der Waals surface area (Å²) >= 11 is 0. The van der Waals surface area contributed by atoms with Crippen molar-refractivity contribution in [1.82, 2.24) is 15.0 Å². The molecule has 0 aliphatic heterocycles. The SMILES string of the molecule is CC1(C)c2ccccc2-c2c1ccc1c2oc2c(-c3ccccc3)nc(-c3cccc4c3oc3ccncc34)nc21. The Labute approximate surface area is 235 Å². The second-order valence-corrected chi connectivity index (χ2v) is 11.2. The molecule has 0 saturated heterocycles. The van der Waals surface area contributed by atoms with Gasteiger partial charge in [0.15, 0.2) is 11.4 Å². The number of hydrogen-bond donors (Lipinski definition) is 0. The van der Waals surface area contributed by atoms with Gasteiger partial charge < -0.3 is 8.83 Å². The van der Waals surface area contributed by atoms with Crippen LogP contribution >= 0.6 is 0 Å². The molecule has 0 amide bonds. The maximum Gasteiger partial charge on any atom is 0.180 e. The molecule has 5 heteroatoms. The fourth-order valence-corrected chi connectivity index (χ4v) is 6.62. The van der Waals surface area contributed by atoms with Gasteiger partial charge in [0.2, 0.25) is 0 Å². The second kappa shape index (κ2) is 7.89. The van der Waals surface area contributed by atoms with Gasteiger partial charge in [-0.3, -0.25) is 4.98 Å². The molecule has 0 spiro atoms. The smallest absolute Gasteiger partial charge is 0.180 e. The lowest BCUT2D eigenvalue weighted by Gasteiger charge is -2.21. The average molecular weight is 530 g/mol. The van der Waals surface area contributed by atoms with Crippen molar-refractivity contribution in [3.8, 4) is 33.8 Å². The van der Waals surface area contributed by atoms with Gasteiger partial charge in [0.1, 0.15) is 28.0 Å². The van der Waals surface area contributed by atoms with Crippen LogP contribution < -0.4 is 0 Å². The van der Waals surface area contributed by atoms with Crippen LogP contribution in [0.3, 0.4) is 0 Å². The van der Waals surface area contributed by atoms with Crippen molar-refractivity contribution in [1.29, 1.82) is 0 Å². The quantitative estimate of drug-likeness (QED) is 0.223. The van der Waals surface area contributed by atoms with E-state index in [9.17, 15) is 0 Å². The van der Waals surface area contributed by atoms with Gasteiger partial charge in [0.05, 0.1) is 5.56 Å². The first-order valence-corrected chi connectivity index (χ1v) is 13.8. The molecule has 1 aliphatic carbocycles. The summed E-state index contributed by atoms with van der Waals surface area (Å²) in [5.41, 5.74) is 11.3. The zero-order valence-corrected chi connectivity index (χ0v) is 22.5. The van der Waals surface area contributed by atoms with Crippen LogP contribution in [0.1, 0.15) is 25.0 Å². The van der Waals surface area contributed by atoms with Crippen molar-refractivity contribution in [3.63, 3.8) is 0 Å². The van der Waals surface area contributed by atoms with Crippen molar-refractivity contribution in [3.05, 3.63) is 115 Å². The summed E-state index contributed by atoms with van der Waals surface area (Å²) in [5, 5.41) is 2.94. The Morgan fingerprint density at radius 1 is 0.610 bits per heavy atom. The average Bonchev–Trinajstić information content (AvgIpc) is 3.65. The van der Waals surface area contributed by atoms with E-state index in [1.165, 1.54) is 16.7 Å². The third kappa shape index (κ3) is 2.98. The third-order valence-electron chi connectivity index (χ3n) is 8.61. The Hall–Kier alpha value is -5.29. The minimum absolute atomic E-state index is 0.121. The molecule has 4 heterocycles. The first-order chi connectivity index (χ1) is 20.1. The predicted octanol–water partition coefficient (Wildman–Crippen LogP) is 9.31. The van der Waals surface area contributed by atoms with Crippen molar-refractivity contribution in [2.24, 2.45) is 0 Å². The highest BCUT2D eigenvalue weighted by Gasteiger charge is 2.37. The lowest BCUT2D eigenvalue weighted by molar-refractivity contribution is 0.652. The van der Waals surface area contributed by atoms with Gasteiger partial charge >= 0.3 is 0 Å². The van der Waals surface area contributed by atoms with Crippen LogP contribution in [0, 0.1) is 0 Å². The molecule has 0 saturated carbocycles. The maximum absolute atomic E-state index is 6.80. The van der Waals surface area contributed by atoms with Crippen molar-refractivity contribution >= 4 is 44.0 Å². The molecule has 0 N–H and O–H groups in total. The number of nitrogens with zero attached hydrogens (tertiary/aromatic N) is 3. The normalized spacial score (nSPS) is 13.8. The predicted molar refractivity (Wildman–Crippen MR) is 163 cm³/mol. The highest BCUT2D eigenvalue weighted by Crippen LogP contribution is 2.52. The summed E-state index contributed by atoms with van der Waals surface area (Å²) in [4.78, 5) is 14.6. The van der Waals surface area contributed by atoms with Gasteiger partial charge in [-0.15, -0.1) is 0 Å². The Balaban J connectivity index is 1.40. The van der Waals surface area contributed by atoms with E-state index in [0.717, 1.165) is 60.8 Å². The van der Waals surface area contributed by atoms with Crippen molar-refractivity contribution in [2.75, 3.05) is 0 Å². The monoisotopic (exact) mass is 529 g/mol. The van der Waals surface area contributed by atoms with E-state index in [-0.39, 0.29) is 5.41 Å². The molecular weight excluding hydrogens is 506 g/mol. The van der Waals surface area contributed by atoms with Crippen LogP contribution in [-0.4, -0.2) is 15.0 Å². The van der Waals surface area contributed by atoms with Crippen LogP contribution in [0.25, 0.3) is 77.8 Å². The minimum Gasteiger partial charge on any atom is -0.455 e. The van der Waals surface area contributed by atoms with Gasteiger partial charge in [0, 0.05) is 45.1 Å². The molecule has 4 aromatic carbocycles. The Bertz CT molecular complexity index is 2350. The van der Waals surface area contributed by atoms with E-state index in [1.807, 2.05) is 42.6 Å². The molecule has 0 bridgehead atoms. The largest absolute Gasteiger partial charge is 0.455 e. The molecule has 0 fully saturated rings. The molecule has 41 heavy (non-hydrogen) atoms. The fraction of sp³-hybridized carbons (Fsp3) is 0.0833. The Morgan fingerprint density at radius 3 is 2.34 bits per heavy atom. The molecule has 0 radical (unpaired) electrons. The summed E-state index contributed by atoms with van der Waals surface area (Å²) in [6, 6.07) is 31.2. The number of hydrogen-bond acceptors (Lipinski definition) is 5. The number of aromatic nitrogens is 3. The summed E-state index contributed by atoms with van der Waals surface area (Å²) < 4.78 is 13.1. The number of para-hydroxylation sites is 1. The molecule has 8 aromatic rings. The molecular formula is C36H23N3O2. The number of furan rings is 2. The van der Waals surface area contributed by atoms with Crippen LogP contribution in [-0.2, 0) is 5.41 Å². The van der Waals surface area contributed by atoms with Gasteiger partial charge in [0.25, 0.3) is 0 Å². The van der Waals surface area contributed by atoms with Crippen LogP contribution in [0.4, 0.5) is 0 Å². The van der Waals surface area contributed by atoms with Crippen LogP contribution in [0.5, 0.6) is 0 Å². The first kappa shape index (κ1) is 22.5. The summed E-state index contributed by atoms with van der Waals surface area (Å²) in [5.74, 6) is 0.595. The highest BCUT2D eigenvalue weighted by atomic mass is 16.3. The van der Waals surface area contributed by atoms with Crippen LogP contribution in [0.15, 0.2) is 112 Å². The minimum atomic E-state index is -0.121. The lowest BCUT2D eigenvalue weighted by atomic mass is 9.82. The lowest BCUT2D eigenvalue weighted by Crippen LogP contribution is -2.14. The molecule has 0 atom stereocenters. The zero-order valence-electron chi connectivity index (χ0n) is 22.5. The van der Waals surface area contributed by atoms with Crippen LogP contribution in [0.2, 0.25) is 0 Å². The first-order valence-electron chi connectivity index (χ1n) is 13.8. The second-order valence-electron chi connectivity index (χ2n) is 11.2. The summed E-state index contributed by atoms with van der Waals surface area (Å²) in [6.45, 7) is 4.56. The van der Waals surface area contributed by atoms with Gasteiger partial charge in [-0.05, 0) is 34.9 Å². The number of rotatable bonds is 2. The number of benzene rings is 4.